The maximum absolute atomic E-state index is 11.6. The summed E-state index contributed by atoms with van der Waals surface area (Å²) in [7, 11) is 1.77. The van der Waals surface area contributed by atoms with Crippen LogP contribution in [0.3, 0.4) is 0 Å². The average Bonchev–Trinajstić information content (AvgIpc) is 2.43. The summed E-state index contributed by atoms with van der Waals surface area (Å²) in [6.45, 7) is 2.27. The summed E-state index contributed by atoms with van der Waals surface area (Å²) in [5.41, 5.74) is 3.30. The summed E-state index contributed by atoms with van der Waals surface area (Å²) in [5, 5.41) is 11.0. The fourth-order valence-corrected chi connectivity index (χ4v) is 2.15. The Balaban J connectivity index is 2.12. The predicted octanol–water partition coefficient (Wildman–Crippen LogP) is 0.154. The van der Waals surface area contributed by atoms with Crippen molar-refractivity contribution in [3.63, 3.8) is 0 Å². The number of piperazine rings is 1. The Hall–Kier alpha value is -2.19. The van der Waals surface area contributed by atoms with E-state index in [1.807, 2.05) is 4.90 Å². The normalized spacial score (nSPS) is 16.3. The van der Waals surface area contributed by atoms with Gasteiger partial charge in [-0.2, -0.15) is 0 Å². The molecular formula is C12H17N5O3. The molecule has 1 aliphatic heterocycles. The summed E-state index contributed by atoms with van der Waals surface area (Å²) in [6.07, 6.45) is 0. The van der Waals surface area contributed by atoms with E-state index in [1.54, 1.807) is 24.1 Å². The highest BCUT2D eigenvalue weighted by molar-refractivity contribution is 5.78. The second-order valence-corrected chi connectivity index (χ2v) is 4.78. The second-order valence-electron chi connectivity index (χ2n) is 4.78. The first-order chi connectivity index (χ1) is 9.51. The number of amides is 1. The van der Waals surface area contributed by atoms with E-state index in [1.165, 1.54) is 6.07 Å². The van der Waals surface area contributed by atoms with Gasteiger partial charge in [0, 0.05) is 32.7 Å². The number of hydrogen-bond donors (Lipinski definition) is 2. The molecule has 20 heavy (non-hydrogen) atoms. The molecule has 0 bridgehead atoms. The van der Waals surface area contributed by atoms with Gasteiger partial charge in [-0.25, -0.2) is 0 Å². The third-order valence-corrected chi connectivity index (χ3v) is 3.36. The van der Waals surface area contributed by atoms with E-state index in [4.69, 9.17) is 5.84 Å². The number of likely N-dealkylation sites (N-methyl/N-ethyl adjacent to an activating group) is 1. The van der Waals surface area contributed by atoms with Gasteiger partial charge in [0.1, 0.15) is 5.69 Å². The molecule has 0 saturated carbocycles. The number of nitro groups is 1. The van der Waals surface area contributed by atoms with Crippen molar-refractivity contribution in [1.82, 2.24) is 9.80 Å². The third kappa shape index (κ3) is 3.03. The van der Waals surface area contributed by atoms with Crippen LogP contribution >= 0.6 is 0 Å². The number of hydrazine groups is 1. The largest absolute Gasteiger partial charge is 0.343 e. The lowest BCUT2D eigenvalue weighted by molar-refractivity contribution is -0.384. The molecule has 1 fully saturated rings. The van der Waals surface area contributed by atoms with Crippen LogP contribution in [0.4, 0.5) is 11.4 Å². The van der Waals surface area contributed by atoms with E-state index < -0.39 is 4.92 Å². The van der Waals surface area contributed by atoms with Gasteiger partial charge in [-0.1, -0.05) is 6.07 Å². The molecule has 1 aliphatic rings. The second kappa shape index (κ2) is 5.85. The third-order valence-electron chi connectivity index (χ3n) is 3.36. The summed E-state index contributed by atoms with van der Waals surface area (Å²) in [6, 6.07) is 4.83. The van der Waals surface area contributed by atoms with E-state index in [2.05, 4.69) is 5.43 Å². The molecule has 1 amide bonds. The molecule has 0 atom stereocenters. The van der Waals surface area contributed by atoms with Gasteiger partial charge in [0.2, 0.25) is 5.91 Å². The van der Waals surface area contributed by atoms with Crippen molar-refractivity contribution in [2.75, 3.05) is 32.1 Å². The van der Waals surface area contributed by atoms with Gasteiger partial charge in [-0.3, -0.25) is 25.7 Å². The summed E-state index contributed by atoms with van der Waals surface area (Å²) >= 11 is 0. The molecule has 1 aromatic rings. The number of carbonyl (C=O) groups excluding carboxylic acids is 1. The molecule has 2 rings (SSSR count). The first-order valence-electron chi connectivity index (χ1n) is 6.21. The highest BCUT2D eigenvalue weighted by atomic mass is 16.6. The van der Waals surface area contributed by atoms with Crippen LogP contribution in [-0.2, 0) is 11.3 Å². The van der Waals surface area contributed by atoms with E-state index in [-0.39, 0.29) is 17.3 Å². The van der Waals surface area contributed by atoms with Crippen molar-refractivity contribution >= 4 is 17.3 Å². The summed E-state index contributed by atoms with van der Waals surface area (Å²) in [4.78, 5) is 25.7. The maximum Gasteiger partial charge on any atom is 0.293 e. The van der Waals surface area contributed by atoms with Crippen LogP contribution in [0.25, 0.3) is 0 Å². The summed E-state index contributed by atoms with van der Waals surface area (Å²) in [5.74, 6) is 5.30. The average molecular weight is 279 g/mol. The topological polar surface area (TPSA) is 105 Å². The number of benzene rings is 1. The monoisotopic (exact) mass is 279 g/mol. The number of rotatable bonds is 4. The molecule has 0 unspecified atom stereocenters. The highest BCUT2D eigenvalue weighted by Crippen LogP contribution is 2.25. The van der Waals surface area contributed by atoms with E-state index >= 15 is 0 Å². The van der Waals surface area contributed by atoms with Crippen LogP contribution in [0.15, 0.2) is 18.2 Å². The number of nitrogens with one attached hydrogen (secondary N) is 1. The SMILES string of the molecule is CN1CCN(Cc2ccc(NN)c([N+](=O)[O-])c2)CC1=O. The van der Waals surface area contributed by atoms with E-state index in [0.29, 0.717) is 19.6 Å². The van der Waals surface area contributed by atoms with Crippen molar-refractivity contribution in [3.8, 4) is 0 Å². The van der Waals surface area contributed by atoms with Crippen LogP contribution in [0, 0.1) is 10.1 Å². The van der Waals surface area contributed by atoms with Gasteiger partial charge in [0.15, 0.2) is 0 Å². The predicted molar refractivity (Wildman–Crippen MR) is 73.8 cm³/mol. The minimum absolute atomic E-state index is 0.0611. The lowest BCUT2D eigenvalue weighted by Gasteiger charge is -2.31. The van der Waals surface area contributed by atoms with Gasteiger partial charge in [-0.05, 0) is 11.6 Å². The zero-order chi connectivity index (χ0) is 14.7. The quantitative estimate of drug-likeness (QED) is 0.462. The van der Waals surface area contributed by atoms with Gasteiger partial charge in [0.25, 0.3) is 5.69 Å². The Morgan fingerprint density at radius 1 is 1.45 bits per heavy atom. The Bertz CT molecular complexity index is 534. The lowest BCUT2D eigenvalue weighted by atomic mass is 10.1. The Morgan fingerprint density at radius 2 is 2.20 bits per heavy atom. The number of nitrogen functional groups attached to an aromatic ring is 1. The number of nitro benzene ring substituents is 1. The molecule has 3 N–H and O–H groups in total. The van der Waals surface area contributed by atoms with Crippen LogP contribution in [-0.4, -0.2) is 47.3 Å². The highest BCUT2D eigenvalue weighted by Gasteiger charge is 2.22. The molecule has 0 spiro atoms. The van der Waals surface area contributed by atoms with Crippen LogP contribution < -0.4 is 11.3 Å². The first-order valence-corrected chi connectivity index (χ1v) is 6.21. The van der Waals surface area contributed by atoms with Gasteiger partial charge >= 0.3 is 0 Å². The summed E-state index contributed by atoms with van der Waals surface area (Å²) < 4.78 is 0. The Labute approximate surface area is 116 Å². The standard InChI is InChI=1S/C12H17N5O3/c1-15-4-5-16(8-12(15)18)7-9-2-3-10(14-13)11(6-9)17(19)20/h2-3,6,14H,4-5,7-8,13H2,1H3. The minimum Gasteiger partial charge on any atom is -0.343 e. The smallest absolute Gasteiger partial charge is 0.293 e. The maximum atomic E-state index is 11.6. The molecular weight excluding hydrogens is 262 g/mol. The van der Waals surface area contributed by atoms with Gasteiger partial charge in [-0.15, -0.1) is 0 Å². The molecule has 108 valence electrons. The Morgan fingerprint density at radius 3 is 2.80 bits per heavy atom. The zero-order valence-corrected chi connectivity index (χ0v) is 11.2. The zero-order valence-electron chi connectivity index (χ0n) is 11.2. The first kappa shape index (κ1) is 14.2. The fourth-order valence-electron chi connectivity index (χ4n) is 2.15. The van der Waals surface area contributed by atoms with Crippen LogP contribution in [0.2, 0.25) is 0 Å². The van der Waals surface area contributed by atoms with Crippen LogP contribution in [0.5, 0.6) is 0 Å². The number of carbonyl (C=O) groups is 1. The van der Waals surface area contributed by atoms with E-state index in [0.717, 1.165) is 12.1 Å². The van der Waals surface area contributed by atoms with Crippen molar-refractivity contribution in [1.29, 1.82) is 0 Å². The van der Waals surface area contributed by atoms with Crippen LogP contribution in [0.1, 0.15) is 5.56 Å². The number of hydrogen-bond acceptors (Lipinski definition) is 6. The lowest BCUT2D eigenvalue weighted by Crippen LogP contribution is -2.47. The molecule has 0 aliphatic carbocycles. The number of anilines is 1. The Kier molecular flexibility index (Phi) is 4.16. The minimum atomic E-state index is -0.478. The van der Waals surface area contributed by atoms with Crippen molar-refractivity contribution < 1.29 is 9.72 Å². The van der Waals surface area contributed by atoms with Gasteiger partial charge < -0.3 is 10.3 Å². The van der Waals surface area contributed by atoms with Gasteiger partial charge in [0.05, 0.1) is 11.5 Å². The molecule has 8 heteroatoms. The van der Waals surface area contributed by atoms with E-state index in [9.17, 15) is 14.9 Å². The van der Waals surface area contributed by atoms with Crippen molar-refractivity contribution in [2.45, 2.75) is 6.54 Å². The molecule has 1 aromatic carbocycles. The fraction of sp³-hybridized carbons (Fsp3) is 0.417. The number of nitrogens with two attached hydrogens (primary N) is 1. The number of nitrogens with zero attached hydrogens (tertiary/aromatic N) is 3. The molecule has 8 nitrogen and oxygen atoms in total. The molecule has 1 saturated heterocycles. The van der Waals surface area contributed by atoms with Crippen molar-refractivity contribution in [3.05, 3.63) is 33.9 Å². The van der Waals surface area contributed by atoms with Crippen molar-refractivity contribution in [2.24, 2.45) is 5.84 Å². The molecule has 1 heterocycles. The molecule has 0 aromatic heterocycles. The molecule has 0 radical (unpaired) electrons.